The third kappa shape index (κ3) is 3.46. The Kier molecular flexibility index (Phi) is 4.94. The van der Waals surface area contributed by atoms with Gasteiger partial charge in [0.05, 0.1) is 17.2 Å². The van der Waals surface area contributed by atoms with Gasteiger partial charge in [-0.05, 0) is 36.4 Å². The van der Waals surface area contributed by atoms with Gasteiger partial charge in [0.2, 0.25) is 5.43 Å². The topological polar surface area (TPSA) is 55.4 Å². The van der Waals surface area contributed by atoms with Gasteiger partial charge in [0, 0.05) is 15.8 Å². The summed E-state index contributed by atoms with van der Waals surface area (Å²) in [5, 5.41) is 4.01. The third-order valence-electron chi connectivity index (χ3n) is 3.42. The molecule has 0 amide bonds. The van der Waals surface area contributed by atoms with Gasteiger partial charge in [0.25, 0.3) is 0 Å². The lowest BCUT2D eigenvalue weighted by Gasteiger charge is -2.11. The smallest absolute Gasteiger partial charge is 0.344 e. The highest BCUT2D eigenvalue weighted by Gasteiger charge is 2.21. The lowest BCUT2D eigenvalue weighted by Crippen LogP contribution is -2.18. The summed E-state index contributed by atoms with van der Waals surface area (Å²) in [6.07, 6.45) is 0. The van der Waals surface area contributed by atoms with Crippen molar-refractivity contribution in [1.29, 1.82) is 0 Å². The minimum atomic E-state index is -0.779. The molecule has 128 valence electrons. The molecular formula is C17H10Cl2FNO3S. The maximum Gasteiger partial charge on any atom is 0.344 e. The van der Waals surface area contributed by atoms with Crippen LogP contribution in [0.25, 0.3) is 10.1 Å². The van der Waals surface area contributed by atoms with Crippen LogP contribution >= 0.6 is 34.5 Å². The standard InChI is InChI=1S/C17H10Cl2FNO3S/c1-24-17(23)14-15(22)10-6-11(18)12(19)7-13(10)25-16(14)21-9-4-2-8(20)3-5-9/h2-7,21H,1H3. The number of halogens is 3. The predicted molar refractivity (Wildman–Crippen MR) is 99.1 cm³/mol. The molecule has 25 heavy (non-hydrogen) atoms. The van der Waals surface area contributed by atoms with Gasteiger partial charge in [-0.2, -0.15) is 0 Å². The Hall–Kier alpha value is -2.15. The molecule has 8 heteroatoms. The van der Waals surface area contributed by atoms with Crippen molar-refractivity contribution in [2.45, 2.75) is 0 Å². The Morgan fingerprint density at radius 3 is 2.44 bits per heavy atom. The van der Waals surface area contributed by atoms with Crippen LogP contribution in [0.4, 0.5) is 15.1 Å². The molecule has 2 aromatic carbocycles. The zero-order valence-electron chi connectivity index (χ0n) is 12.7. The summed E-state index contributed by atoms with van der Waals surface area (Å²) in [5.74, 6) is -1.18. The van der Waals surface area contributed by atoms with Crippen molar-refractivity contribution < 1.29 is 13.9 Å². The van der Waals surface area contributed by atoms with Gasteiger partial charge in [0.15, 0.2) is 0 Å². The first-order valence-electron chi connectivity index (χ1n) is 6.97. The van der Waals surface area contributed by atoms with E-state index in [0.29, 0.717) is 15.4 Å². The van der Waals surface area contributed by atoms with Crippen LogP contribution in [0.1, 0.15) is 10.4 Å². The van der Waals surface area contributed by atoms with E-state index in [0.717, 1.165) is 11.3 Å². The van der Waals surface area contributed by atoms with Crippen molar-refractivity contribution in [1.82, 2.24) is 0 Å². The average molecular weight is 398 g/mol. The molecule has 0 unspecified atom stereocenters. The number of carbonyl (C=O) groups is 1. The van der Waals surface area contributed by atoms with Crippen LogP contribution in [0.2, 0.25) is 10.0 Å². The molecule has 0 spiro atoms. The second kappa shape index (κ2) is 7.00. The molecular weight excluding hydrogens is 388 g/mol. The summed E-state index contributed by atoms with van der Waals surface area (Å²) in [6, 6.07) is 8.49. The predicted octanol–water partition coefficient (Wildman–Crippen LogP) is 5.24. The van der Waals surface area contributed by atoms with Crippen molar-refractivity contribution >= 4 is 61.3 Å². The van der Waals surface area contributed by atoms with Crippen LogP contribution < -0.4 is 10.7 Å². The van der Waals surface area contributed by atoms with Crippen LogP contribution in [0.3, 0.4) is 0 Å². The molecule has 1 N–H and O–H groups in total. The van der Waals surface area contributed by atoms with E-state index in [9.17, 15) is 14.0 Å². The van der Waals surface area contributed by atoms with Crippen LogP contribution in [-0.2, 0) is 4.74 Å². The Labute approximate surface area is 155 Å². The molecule has 0 radical (unpaired) electrons. The van der Waals surface area contributed by atoms with Gasteiger partial charge in [-0.1, -0.05) is 23.2 Å². The number of benzene rings is 2. The zero-order chi connectivity index (χ0) is 18.1. The Bertz CT molecular complexity index is 1030. The maximum absolute atomic E-state index is 13.1. The molecule has 0 saturated heterocycles. The SMILES string of the molecule is COC(=O)c1c(Nc2ccc(F)cc2)sc2cc(Cl)c(Cl)cc2c1=O. The number of hydrogen-bond acceptors (Lipinski definition) is 5. The van der Waals surface area contributed by atoms with Crippen LogP contribution in [0.5, 0.6) is 0 Å². The lowest BCUT2D eigenvalue weighted by molar-refractivity contribution is 0.0601. The fourth-order valence-corrected chi connectivity index (χ4v) is 3.73. The number of carbonyl (C=O) groups excluding carboxylic acids is 1. The van der Waals surface area contributed by atoms with Crippen molar-refractivity contribution in [2.24, 2.45) is 0 Å². The number of methoxy groups -OCH3 is 1. The first-order valence-corrected chi connectivity index (χ1v) is 8.54. The maximum atomic E-state index is 13.1. The monoisotopic (exact) mass is 397 g/mol. The van der Waals surface area contributed by atoms with E-state index in [1.165, 1.54) is 37.4 Å². The minimum Gasteiger partial charge on any atom is -0.465 e. The number of fused-ring (bicyclic) bond motifs is 1. The van der Waals surface area contributed by atoms with Crippen LogP contribution in [0, 0.1) is 5.82 Å². The molecule has 1 aromatic heterocycles. The van der Waals surface area contributed by atoms with Crippen molar-refractivity contribution in [3.63, 3.8) is 0 Å². The molecule has 0 aliphatic carbocycles. The highest BCUT2D eigenvalue weighted by Crippen LogP contribution is 2.34. The van der Waals surface area contributed by atoms with E-state index in [4.69, 9.17) is 27.9 Å². The van der Waals surface area contributed by atoms with Gasteiger partial charge < -0.3 is 10.1 Å². The molecule has 4 nitrogen and oxygen atoms in total. The summed E-state index contributed by atoms with van der Waals surface area (Å²) < 4.78 is 18.3. The molecule has 3 aromatic rings. The summed E-state index contributed by atoms with van der Waals surface area (Å²) in [7, 11) is 1.19. The summed E-state index contributed by atoms with van der Waals surface area (Å²) in [6.45, 7) is 0. The molecule has 0 aliphatic rings. The minimum absolute atomic E-state index is 0.150. The normalized spacial score (nSPS) is 10.7. The average Bonchev–Trinajstić information content (AvgIpc) is 2.58. The molecule has 0 atom stereocenters. The Morgan fingerprint density at radius 2 is 1.80 bits per heavy atom. The quantitative estimate of drug-likeness (QED) is 0.614. The van der Waals surface area contributed by atoms with E-state index in [1.807, 2.05) is 0 Å². The van der Waals surface area contributed by atoms with E-state index >= 15 is 0 Å². The Balaban J connectivity index is 2.24. The number of ether oxygens (including phenoxy) is 1. The second-order valence-electron chi connectivity index (χ2n) is 5.02. The van der Waals surface area contributed by atoms with Crippen molar-refractivity contribution in [2.75, 3.05) is 12.4 Å². The highest BCUT2D eigenvalue weighted by atomic mass is 35.5. The highest BCUT2D eigenvalue weighted by molar-refractivity contribution is 7.22. The van der Waals surface area contributed by atoms with Gasteiger partial charge in [0.1, 0.15) is 16.4 Å². The fraction of sp³-hybridized carbons (Fsp3) is 0.0588. The van der Waals surface area contributed by atoms with E-state index < -0.39 is 17.2 Å². The number of esters is 1. The lowest BCUT2D eigenvalue weighted by atomic mass is 10.2. The zero-order valence-corrected chi connectivity index (χ0v) is 15.1. The third-order valence-corrected chi connectivity index (χ3v) is 5.22. The first-order chi connectivity index (χ1) is 11.9. The molecule has 3 rings (SSSR count). The number of rotatable bonds is 3. The molecule has 1 heterocycles. The van der Waals surface area contributed by atoms with E-state index in [-0.39, 0.29) is 21.0 Å². The van der Waals surface area contributed by atoms with E-state index in [1.54, 1.807) is 6.07 Å². The van der Waals surface area contributed by atoms with Gasteiger partial charge in [-0.25, -0.2) is 9.18 Å². The molecule has 0 aliphatic heterocycles. The molecule has 0 fully saturated rings. The molecule has 0 saturated carbocycles. The van der Waals surface area contributed by atoms with Crippen molar-refractivity contribution in [3.8, 4) is 0 Å². The Morgan fingerprint density at radius 1 is 1.16 bits per heavy atom. The van der Waals surface area contributed by atoms with Gasteiger partial charge in [-0.15, -0.1) is 11.3 Å². The number of hydrogen-bond donors (Lipinski definition) is 1. The molecule has 0 bridgehead atoms. The first kappa shape index (κ1) is 17.7. The van der Waals surface area contributed by atoms with Crippen molar-refractivity contribution in [3.05, 3.63) is 68.0 Å². The van der Waals surface area contributed by atoms with Gasteiger partial charge in [-0.3, -0.25) is 4.79 Å². The summed E-state index contributed by atoms with van der Waals surface area (Å²) >= 11 is 13.1. The fourth-order valence-electron chi connectivity index (χ4n) is 2.23. The summed E-state index contributed by atoms with van der Waals surface area (Å²) in [4.78, 5) is 24.9. The van der Waals surface area contributed by atoms with E-state index in [2.05, 4.69) is 5.32 Å². The van der Waals surface area contributed by atoms with Crippen LogP contribution in [-0.4, -0.2) is 13.1 Å². The number of nitrogens with one attached hydrogen (secondary N) is 1. The largest absolute Gasteiger partial charge is 0.465 e. The summed E-state index contributed by atoms with van der Waals surface area (Å²) in [5.41, 5.74) is -0.159. The second-order valence-corrected chi connectivity index (χ2v) is 6.89. The van der Waals surface area contributed by atoms with Crippen LogP contribution in [0.15, 0.2) is 41.2 Å². The van der Waals surface area contributed by atoms with Gasteiger partial charge >= 0.3 is 5.97 Å². The number of anilines is 2.